The van der Waals surface area contributed by atoms with E-state index < -0.39 is 29.7 Å². The number of ether oxygens (including phenoxy) is 1. The number of nitrogens with zero attached hydrogens (tertiary/aromatic N) is 6. The second kappa shape index (κ2) is 8.08. The van der Waals surface area contributed by atoms with E-state index in [0.29, 0.717) is 5.82 Å². The minimum Gasteiger partial charge on any atom is -0.491 e. The van der Waals surface area contributed by atoms with Crippen molar-refractivity contribution in [2.24, 2.45) is 10.3 Å². The first-order valence-corrected chi connectivity index (χ1v) is 10.3. The van der Waals surface area contributed by atoms with Crippen molar-refractivity contribution in [3.8, 4) is 17.1 Å². The van der Waals surface area contributed by atoms with Crippen LogP contribution in [0.4, 0.5) is 10.1 Å². The van der Waals surface area contributed by atoms with E-state index in [1.54, 1.807) is 0 Å². The van der Waals surface area contributed by atoms with Crippen LogP contribution in [0, 0.1) is 5.82 Å². The zero-order valence-corrected chi connectivity index (χ0v) is 17.8. The SMILES string of the molecule is CC(C)Oc1ccc(-c2noc(CN3N=N[C@H]4C(=O)N(c5cccc(F)c5)C(=O)[C@@H]43)n2)cc1. The number of halogens is 1. The average Bonchev–Trinajstić information content (AvgIpc) is 3.47. The van der Waals surface area contributed by atoms with Crippen molar-refractivity contribution < 1.29 is 23.2 Å². The Balaban J connectivity index is 1.31. The predicted octanol–water partition coefficient (Wildman–Crippen LogP) is 3.16. The number of fused-ring (bicyclic) bond motifs is 1. The molecule has 2 atom stereocenters. The summed E-state index contributed by atoms with van der Waals surface area (Å²) in [6.45, 7) is 3.88. The Hall–Kier alpha value is -4.15. The van der Waals surface area contributed by atoms with E-state index in [0.717, 1.165) is 22.3 Å². The third-order valence-corrected chi connectivity index (χ3v) is 5.17. The molecule has 2 amide bonds. The number of carbonyl (C=O) groups excluding carboxylic acids is 2. The number of benzene rings is 2. The van der Waals surface area contributed by atoms with Gasteiger partial charge in [0.1, 0.15) is 18.1 Å². The van der Waals surface area contributed by atoms with Gasteiger partial charge in [-0.05, 0) is 56.3 Å². The molecule has 3 heterocycles. The van der Waals surface area contributed by atoms with Gasteiger partial charge in [-0.15, -0.1) is 0 Å². The molecule has 33 heavy (non-hydrogen) atoms. The molecule has 2 aromatic carbocycles. The van der Waals surface area contributed by atoms with E-state index in [9.17, 15) is 14.0 Å². The van der Waals surface area contributed by atoms with Gasteiger partial charge in [-0.3, -0.25) is 14.6 Å². The van der Waals surface area contributed by atoms with Crippen LogP contribution in [0.1, 0.15) is 19.7 Å². The highest BCUT2D eigenvalue weighted by atomic mass is 19.1. The fourth-order valence-electron chi connectivity index (χ4n) is 3.75. The van der Waals surface area contributed by atoms with E-state index in [-0.39, 0.29) is 24.2 Å². The van der Waals surface area contributed by atoms with Crippen LogP contribution in [0.3, 0.4) is 0 Å². The summed E-state index contributed by atoms with van der Waals surface area (Å²) in [5, 5.41) is 13.2. The van der Waals surface area contributed by atoms with Crippen molar-refractivity contribution in [1.82, 2.24) is 15.1 Å². The fraction of sp³-hybridized carbons (Fsp3) is 0.273. The lowest BCUT2D eigenvalue weighted by atomic mass is 10.1. The second-order valence-electron chi connectivity index (χ2n) is 7.89. The molecule has 0 saturated carbocycles. The first-order chi connectivity index (χ1) is 15.9. The average molecular weight is 450 g/mol. The molecule has 0 spiro atoms. The van der Waals surface area contributed by atoms with Gasteiger partial charge >= 0.3 is 0 Å². The molecule has 0 bridgehead atoms. The molecule has 0 radical (unpaired) electrons. The molecule has 1 saturated heterocycles. The third kappa shape index (κ3) is 3.81. The van der Waals surface area contributed by atoms with Crippen molar-refractivity contribution in [3.05, 3.63) is 60.2 Å². The summed E-state index contributed by atoms with van der Waals surface area (Å²) >= 11 is 0. The minimum atomic E-state index is -1.00. The lowest BCUT2D eigenvalue weighted by Gasteiger charge is -2.19. The van der Waals surface area contributed by atoms with Gasteiger partial charge in [0.25, 0.3) is 11.8 Å². The molecule has 0 N–H and O–H groups in total. The number of imide groups is 1. The van der Waals surface area contributed by atoms with Crippen molar-refractivity contribution >= 4 is 17.5 Å². The first-order valence-electron chi connectivity index (χ1n) is 10.3. The highest BCUT2D eigenvalue weighted by molar-refractivity contribution is 6.25. The zero-order valence-electron chi connectivity index (χ0n) is 17.8. The number of amides is 2. The van der Waals surface area contributed by atoms with E-state index in [4.69, 9.17) is 9.26 Å². The van der Waals surface area contributed by atoms with Crippen molar-refractivity contribution in [2.45, 2.75) is 38.6 Å². The summed E-state index contributed by atoms with van der Waals surface area (Å²) in [6, 6.07) is 10.6. The molecule has 0 aliphatic carbocycles. The number of carbonyl (C=O) groups is 2. The highest BCUT2D eigenvalue weighted by Crippen LogP contribution is 2.33. The molecule has 2 aliphatic rings. The van der Waals surface area contributed by atoms with Gasteiger partial charge in [0.15, 0.2) is 12.1 Å². The zero-order chi connectivity index (χ0) is 23.1. The normalized spacial score (nSPS) is 19.6. The predicted molar refractivity (Wildman–Crippen MR) is 112 cm³/mol. The van der Waals surface area contributed by atoms with Crippen LogP contribution in [-0.4, -0.2) is 45.2 Å². The summed E-state index contributed by atoms with van der Waals surface area (Å²) < 4.78 is 24.6. The van der Waals surface area contributed by atoms with Crippen LogP contribution in [-0.2, 0) is 16.1 Å². The van der Waals surface area contributed by atoms with Crippen LogP contribution >= 0.6 is 0 Å². The lowest BCUT2D eigenvalue weighted by molar-refractivity contribution is -0.123. The number of aromatic nitrogens is 2. The van der Waals surface area contributed by atoms with Gasteiger partial charge < -0.3 is 9.26 Å². The largest absolute Gasteiger partial charge is 0.491 e. The molecule has 1 fully saturated rings. The Morgan fingerprint density at radius 1 is 1.12 bits per heavy atom. The Labute approximate surface area is 187 Å². The van der Waals surface area contributed by atoms with Gasteiger partial charge in [0, 0.05) is 5.56 Å². The summed E-state index contributed by atoms with van der Waals surface area (Å²) in [6.07, 6.45) is 0.0631. The molecule has 3 aromatic rings. The molecule has 168 valence electrons. The van der Waals surface area contributed by atoms with E-state index in [1.807, 2.05) is 38.1 Å². The van der Waals surface area contributed by atoms with Crippen LogP contribution in [0.5, 0.6) is 5.75 Å². The Kier molecular flexibility index (Phi) is 5.08. The Morgan fingerprint density at radius 2 is 1.91 bits per heavy atom. The van der Waals surface area contributed by atoms with Crippen molar-refractivity contribution in [3.63, 3.8) is 0 Å². The first kappa shape index (κ1) is 20.7. The third-order valence-electron chi connectivity index (χ3n) is 5.17. The standard InChI is InChI=1S/C22H19FN6O4/c1-12(2)32-16-8-6-13(7-9-16)20-24-17(33-26-20)11-28-19-18(25-27-28)21(30)29(22(19)31)15-5-3-4-14(23)10-15/h3-10,12,18-19H,11H2,1-2H3/t18-,19-/m1/s1. The van der Waals surface area contributed by atoms with Crippen LogP contribution in [0.2, 0.25) is 0 Å². The molecule has 10 nitrogen and oxygen atoms in total. The minimum absolute atomic E-state index is 0.0117. The van der Waals surface area contributed by atoms with Crippen LogP contribution in [0.25, 0.3) is 11.4 Å². The monoisotopic (exact) mass is 450 g/mol. The fourth-order valence-corrected chi connectivity index (χ4v) is 3.75. The van der Waals surface area contributed by atoms with Gasteiger partial charge in [-0.25, -0.2) is 9.29 Å². The Morgan fingerprint density at radius 3 is 2.64 bits per heavy atom. The quantitative estimate of drug-likeness (QED) is 0.530. The molecule has 2 aliphatic heterocycles. The highest BCUT2D eigenvalue weighted by Gasteiger charge is 2.55. The Bertz CT molecular complexity index is 1240. The van der Waals surface area contributed by atoms with Crippen LogP contribution < -0.4 is 9.64 Å². The molecular formula is C22H19FN6O4. The topological polar surface area (TPSA) is 113 Å². The molecule has 1 aromatic heterocycles. The number of rotatable bonds is 6. The van der Waals surface area contributed by atoms with Crippen molar-refractivity contribution in [1.29, 1.82) is 0 Å². The van der Waals surface area contributed by atoms with Crippen molar-refractivity contribution in [2.75, 3.05) is 4.90 Å². The maximum Gasteiger partial charge on any atom is 0.263 e. The van der Waals surface area contributed by atoms with Gasteiger partial charge in [-0.2, -0.15) is 10.1 Å². The second-order valence-corrected chi connectivity index (χ2v) is 7.89. The van der Waals surface area contributed by atoms with E-state index in [1.165, 1.54) is 23.2 Å². The van der Waals surface area contributed by atoms with E-state index >= 15 is 0 Å². The maximum atomic E-state index is 13.6. The maximum absolute atomic E-state index is 13.6. The van der Waals surface area contributed by atoms with Gasteiger partial charge in [-0.1, -0.05) is 16.4 Å². The molecule has 5 rings (SSSR count). The number of anilines is 1. The summed E-state index contributed by atoms with van der Waals surface area (Å²) in [5.74, 6) is -0.350. The number of hydrogen-bond donors (Lipinski definition) is 0. The molecule has 11 heteroatoms. The molecular weight excluding hydrogens is 431 g/mol. The van der Waals surface area contributed by atoms with E-state index in [2.05, 4.69) is 20.5 Å². The van der Waals surface area contributed by atoms with Gasteiger partial charge in [0.2, 0.25) is 11.7 Å². The summed E-state index contributed by atoms with van der Waals surface area (Å²) in [5.41, 5.74) is 0.881. The summed E-state index contributed by atoms with van der Waals surface area (Å²) in [7, 11) is 0. The smallest absolute Gasteiger partial charge is 0.263 e. The number of hydrogen-bond acceptors (Lipinski definition) is 9. The van der Waals surface area contributed by atoms with Crippen LogP contribution in [0.15, 0.2) is 63.4 Å². The van der Waals surface area contributed by atoms with Gasteiger partial charge in [0.05, 0.1) is 11.8 Å². The summed E-state index contributed by atoms with van der Waals surface area (Å²) in [4.78, 5) is 31.0. The lowest BCUT2D eigenvalue weighted by Crippen LogP contribution is -2.39. The molecule has 0 unspecified atom stereocenters.